The maximum Gasteiger partial charge on any atom is 0.338 e. The van der Waals surface area contributed by atoms with Crippen LogP contribution in [0.25, 0.3) is 16.6 Å². The Bertz CT molecular complexity index is 1100. The second kappa shape index (κ2) is 8.87. The van der Waals surface area contributed by atoms with E-state index in [1.165, 1.54) is 33.5 Å². The van der Waals surface area contributed by atoms with Crippen LogP contribution in [-0.4, -0.2) is 49.0 Å². The van der Waals surface area contributed by atoms with E-state index in [4.69, 9.17) is 18.9 Å². The van der Waals surface area contributed by atoms with Crippen molar-refractivity contribution in [3.8, 4) is 23.3 Å². The van der Waals surface area contributed by atoms with E-state index in [0.29, 0.717) is 16.8 Å². The minimum atomic E-state index is -0.748. The molecule has 0 spiro atoms. The number of methoxy groups -OCH3 is 3. The lowest BCUT2D eigenvalue weighted by molar-refractivity contribution is 0.0502. The van der Waals surface area contributed by atoms with Crippen LogP contribution in [0, 0.1) is 11.3 Å². The number of allylic oxidation sites excluding steroid dienone is 1. The largest absolute Gasteiger partial charge is 0.507 e. The van der Waals surface area contributed by atoms with E-state index in [9.17, 15) is 15.2 Å². The van der Waals surface area contributed by atoms with E-state index in [2.05, 4.69) is 9.97 Å². The third-order valence-corrected chi connectivity index (χ3v) is 4.27. The standard InChI is InChI=1S/C21H19N3O6/c1-27-17-8-12(9-18(28-2)19(17)29-3)21(26)30-11-16(25)13(10-22)20-23-14-6-4-5-7-15(14)24-20/h4-9,25H,11H2,1-3H3,(H,23,24)/b16-13-. The van der Waals surface area contributed by atoms with Crippen LogP contribution in [0.1, 0.15) is 16.2 Å². The lowest BCUT2D eigenvalue weighted by Gasteiger charge is -2.13. The number of H-pyrrole nitrogens is 1. The van der Waals surface area contributed by atoms with Crippen molar-refractivity contribution in [2.75, 3.05) is 27.9 Å². The Kier molecular flexibility index (Phi) is 6.08. The summed E-state index contributed by atoms with van der Waals surface area (Å²) in [5, 5.41) is 19.8. The van der Waals surface area contributed by atoms with Gasteiger partial charge in [0.1, 0.15) is 18.2 Å². The monoisotopic (exact) mass is 409 g/mol. The molecular weight excluding hydrogens is 390 g/mol. The van der Waals surface area contributed by atoms with Crippen LogP contribution in [0.15, 0.2) is 42.2 Å². The molecule has 0 fully saturated rings. The van der Waals surface area contributed by atoms with Gasteiger partial charge in [0, 0.05) is 0 Å². The van der Waals surface area contributed by atoms with Crippen LogP contribution < -0.4 is 14.2 Å². The second-order valence-corrected chi connectivity index (χ2v) is 6.03. The van der Waals surface area contributed by atoms with Gasteiger partial charge >= 0.3 is 5.97 Å². The first-order valence-electron chi connectivity index (χ1n) is 8.76. The average molecular weight is 409 g/mol. The zero-order chi connectivity index (χ0) is 21.7. The summed E-state index contributed by atoms with van der Waals surface area (Å²) in [5.74, 6) is -0.108. The van der Waals surface area contributed by atoms with Crippen LogP contribution in [-0.2, 0) is 4.74 Å². The number of nitriles is 1. The summed E-state index contributed by atoms with van der Waals surface area (Å²) in [4.78, 5) is 19.7. The molecular formula is C21H19N3O6. The number of hydrogen-bond acceptors (Lipinski definition) is 8. The molecule has 1 heterocycles. The molecule has 30 heavy (non-hydrogen) atoms. The number of aliphatic hydroxyl groups is 1. The number of para-hydroxylation sites is 2. The molecule has 0 aliphatic carbocycles. The Hall–Kier alpha value is -4.19. The van der Waals surface area contributed by atoms with Crippen molar-refractivity contribution in [2.24, 2.45) is 0 Å². The van der Waals surface area contributed by atoms with Gasteiger partial charge in [0.05, 0.1) is 37.9 Å². The highest BCUT2D eigenvalue weighted by Gasteiger charge is 2.19. The number of aliphatic hydroxyl groups excluding tert-OH is 1. The highest BCUT2D eigenvalue weighted by molar-refractivity contribution is 5.91. The van der Waals surface area contributed by atoms with Crippen LogP contribution in [0.2, 0.25) is 0 Å². The maximum atomic E-state index is 12.5. The fourth-order valence-electron chi connectivity index (χ4n) is 2.81. The minimum Gasteiger partial charge on any atom is -0.507 e. The average Bonchev–Trinajstić information content (AvgIpc) is 3.20. The first kappa shape index (κ1) is 20.5. The molecule has 0 aliphatic rings. The number of nitrogens with zero attached hydrogens (tertiary/aromatic N) is 2. The molecule has 2 N–H and O–H groups in total. The molecule has 0 saturated heterocycles. The van der Waals surface area contributed by atoms with Gasteiger partial charge in [-0.1, -0.05) is 12.1 Å². The van der Waals surface area contributed by atoms with E-state index in [0.717, 1.165) is 0 Å². The van der Waals surface area contributed by atoms with Crippen LogP contribution in [0.3, 0.4) is 0 Å². The number of fused-ring (bicyclic) bond motifs is 1. The summed E-state index contributed by atoms with van der Waals surface area (Å²) < 4.78 is 20.8. The lowest BCUT2D eigenvalue weighted by atomic mass is 10.2. The number of aromatic amines is 1. The molecule has 2 aromatic carbocycles. The van der Waals surface area contributed by atoms with E-state index >= 15 is 0 Å². The van der Waals surface area contributed by atoms with Crippen molar-refractivity contribution in [1.29, 1.82) is 5.26 Å². The molecule has 0 saturated carbocycles. The number of nitrogens with one attached hydrogen (secondary N) is 1. The highest BCUT2D eigenvalue weighted by atomic mass is 16.5. The molecule has 1 aromatic heterocycles. The third-order valence-electron chi connectivity index (χ3n) is 4.27. The molecule has 9 nitrogen and oxygen atoms in total. The van der Waals surface area contributed by atoms with E-state index in [1.54, 1.807) is 12.1 Å². The predicted octanol–water partition coefficient (Wildman–Crippen LogP) is 3.24. The maximum absolute atomic E-state index is 12.5. The Morgan fingerprint density at radius 3 is 2.37 bits per heavy atom. The van der Waals surface area contributed by atoms with Gasteiger partial charge in [-0.25, -0.2) is 9.78 Å². The number of rotatable bonds is 7. The summed E-state index contributed by atoms with van der Waals surface area (Å²) in [6.45, 7) is -0.518. The third kappa shape index (κ3) is 3.98. The van der Waals surface area contributed by atoms with Gasteiger partial charge in [0.15, 0.2) is 23.1 Å². The summed E-state index contributed by atoms with van der Waals surface area (Å²) in [7, 11) is 4.30. The van der Waals surface area contributed by atoms with Crippen molar-refractivity contribution in [3.05, 3.63) is 53.5 Å². The quantitative estimate of drug-likeness (QED) is 0.346. The molecule has 3 aromatic rings. The van der Waals surface area contributed by atoms with E-state index in [-0.39, 0.29) is 28.5 Å². The molecule has 0 aliphatic heterocycles. The predicted molar refractivity (Wildman–Crippen MR) is 108 cm³/mol. The Morgan fingerprint density at radius 1 is 1.13 bits per heavy atom. The van der Waals surface area contributed by atoms with Gasteiger partial charge in [0.25, 0.3) is 0 Å². The molecule has 0 bridgehead atoms. The number of carbonyl (C=O) groups excluding carboxylic acids is 1. The minimum absolute atomic E-state index is 0.121. The van der Waals surface area contributed by atoms with Gasteiger partial charge in [-0.05, 0) is 24.3 Å². The molecule has 0 unspecified atom stereocenters. The number of ether oxygens (including phenoxy) is 4. The summed E-state index contributed by atoms with van der Waals surface area (Å²) in [5.41, 5.74) is 1.35. The number of benzene rings is 2. The number of hydrogen-bond donors (Lipinski definition) is 2. The smallest absolute Gasteiger partial charge is 0.338 e. The summed E-state index contributed by atoms with van der Waals surface area (Å²) in [6, 6.07) is 11.9. The zero-order valence-electron chi connectivity index (χ0n) is 16.6. The zero-order valence-corrected chi connectivity index (χ0v) is 16.6. The van der Waals surface area contributed by atoms with Gasteiger partial charge in [-0.3, -0.25) is 0 Å². The topological polar surface area (TPSA) is 127 Å². The molecule has 0 radical (unpaired) electrons. The highest BCUT2D eigenvalue weighted by Crippen LogP contribution is 2.38. The molecule has 0 atom stereocenters. The fourth-order valence-corrected chi connectivity index (χ4v) is 2.81. The number of carbonyl (C=O) groups is 1. The van der Waals surface area contributed by atoms with Gasteiger partial charge in [-0.15, -0.1) is 0 Å². The Morgan fingerprint density at radius 2 is 1.80 bits per heavy atom. The second-order valence-electron chi connectivity index (χ2n) is 6.03. The number of aromatic nitrogens is 2. The first-order valence-corrected chi connectivity index (χ1v) is 8.76. The molecule has 3 rings (SSSR count). The summed E-state index contributed by atoms with van der Waals surface area (Å²) in [6.07, 6.45) is 0. The lowest BCUT2D eigenvalue weighted by Crippen LogP contribution is -2.10. The Labute approximate surface area is 172 Å². The van der Waals surface area contributed by atoms with Gasteiger partial charge in [-0.2, -0.15) is 5.26 Å². The van der Waals surface area contributed by atoms with Crippen molar-refractivity contribution in [3.63, 3.8) is 0 Å². The van der Waals surface area contributed by atoms with Crippen LogP contribution >= 0.6 is 0 Å². The van der Waals surface area contributed by atoms with Crippen LogP contribution in [0.4, 0.5) is 0 Å². The number of esters is 1. The molecule has 154 valence electrons. The normalized spacial score (nSPS) is 11.4. The van der Waals surface area contributed by atoms with Crippen LogP contribution in [0.5, 0.6) is 17.2 Å². The van der Waals surface area contributed by atoms with Crippen molar-refractivity contribution in [1.82, 2.24) is 9.97 Å². The Balaban J connectivity index is 1.83. The van der Waals surface area contributed by atoms with Gasteiger partial charge < -0.3 is 29.0 Å². The fraction of sp³-hybridized carbons (Fsp3) is 0.190. The van der Waals surface area contributed by atoms with E-state index in [1.807, 2.05) is 18.2 Å². The number of imidazole rings is 1. The summed E-state index contributed by atoms with van der Waals surface area (Å²) >= 11 is 0. The SMILES string of the molecule is COc1cc(C(=O)OC/C(O)=C(\C#N)c2nc3ccccc3[nH]2)cc(OC)c1OC. The molecule has 9 heteroatoms. The van der Waals surface area contributed by atoms with E-state index < -0.39 is 18.3 Å². The molecule has 0 amide bonds. The van der Waals surface area contributed by atoms with Crippen molar-refractivity contribution >= 4 is 22.6 Å². The van der Waals surface area contributed by atoms with Gasteiger partial charge in [0.2, 0.25) is 5.75 Å². The van der Waals surface area contributed by atoms with Crippen molar-refractivity contribution < 1.29 is 28.8 Å². The van der Waals surface area contributed by atoms with Crippen molar-refractivity contribution in [2.45, 2.75) is 0 Å². The first-order chi connectivity index (χ1) is 14.5.